The van der Waals surface area contributed by atoms with Crippen LogP contribution in [-0.2, 0) is 6.42 Å². The quantitative estimate of drug-likeness (QED) is 0.813. The van der Waals surface area contributed by atoms with Crippen LogP contribution in [0.3, 0.4) is 0 Å². The molecule has 5 heteroatoms. The minimum absolute atomic E-state index is 0.148. The van der Waals surface area contributed by atoms with E-state index in [9.17, 15) is 4.79 Å². The monoisotopic (exact) mass is 303 g/mol. The van der Waals surface area contributed by atoms with E-state index < -0.39 is 0 Å². The average molecular weight is 304 g/mol. The molecular formula is C13H10BrN3O. The van der Waals surface area contributed by atoms with Crippen molar-refractivity contribution in [1.82, 2.24) is 15.0 Å². The van der Waals surface area contributed by atoms with E-state index in [0.29, 0.717) is 17.8 Å². The highest BCUT2D eigenvalue weighted by molar-refractivity contribution is 9.10. The Morgan fingerprint density at radius 3 is 2.89 bits per heavy atom. The van der Waals surface area contributed by atoms with Gasteiger partial charge in [-0.05, 0) is 34.8 Å². The van der Waals surface area contributed by atoms with Crippen molar-refractivity contribution in [1.29, 1.82) is 0 Å². The van der Waals surface area contributed by atoms with E-state index in [0.717, 1.165) is 28.6 Å². The van der Waals surface area contributed by atoms with Crippen LogP contribution in [0.5, 0.6) is 0 Å². The fraction of sp³-hybridized carbons (Fsp3) is 0.231. The van der Waals surface area contributed by atoms with Gasteiger partial charge in [-0.2, -0.15) is 0 Å². The number of carbonyl (C=O) groups excluding carboxylic acids is 1. The van der Waals surface area contributed by atoms with Gasteiger partial charge in [0, 0.05) is 35.0 Å². The lowest BCUT2D eigenvalue weighted by Crippen LogP contribution is -2.13. The van der Waals surface area contributed by atoms with Gasteiger partial charge in [-0.3, -0.25) is 9.78 Å². The molecule has 0 saturated carbocycles. The van der Waals surface area contributed by atoms with Crippen LogP contribution in [0.4, 0.5) is 0 Å². The van der Waals surface area contributed by atoms with Crippen LogP contribution in [-0.4, -0.2) is 20.7 Å². The second-order valence-corrected chi connectivity index (χ2v) is 5.14. The maximum Gasteiger partial charge on any atom is 0.166 e. The number of aromatic nitrogens is 3. The summed E-state index contributed by atoms with van der Waals surface area (Å²) in [5.74, 6) is 0.771. The number of ketones is 1. The molecule has 2 heterocycles. The normalized spacial score (nSPS) is 14.4. The zero-order valence-electron chi connectivity index (χ0n) is 9.56. The third kappa shape index (κ3) is 2.06. The van der Waals surface area contributed by atoms with Gasteiger partial charge in [0.2, 0.25) is 0 Å². The summed E-state index contributed by atoms with van der Waals surface area (Å²) in [6.07, 6.45) is 7.40. The van der Waals surface area contributed by atoms with Crippen LogP contribution < -0.4 is 0 Å². The number of nitrogens with zero attached hydrogens (tertiary/aromatic N) is 3. The van der Waals surface area contributed by atoms with Crippen molar-refractivity contribution in [2.45, 2.75) is 19.3 Å². The number of fused-ring (bicyclic) bond motifs is 1. The van der Waals surface area contributed by atoms with Crippen LogP contribution in [0.25, 0.3) is 11.4 Å². The molecule has 0 spiro atoms. The Hall–Kier alpha value is -1.62. The second kappa shape index (κ2) is 4.57. The first-order valence-electron chi connectivity index (χ1n) is 5.74. The van der Waals surface area contributed by atoms with Gasteiger partial charge in [0.05, 0.1) is 11.3 Å². The SMILES string of the molecule is O=C1CCCc2nc(-c3cncc(Br)c3)ncc21. The summed E-state index contributed by atoms with van der Waals surface area (Å²) in [5.41, 5.74) is 2.38. The third-order valence-corrected chi connectivity index (χ3v) is 3.38. The van der Waals surface area contributed by atoms with Gasteiger partial charge >= 0.3 is 0 Å². The zero-order chi connectivity index (χ0) is 12.5. The molecular weight excluding hydrogens is 294 g/mol. The van der Waals surface area contributed by atoms with Crippen molar-refractivity contribution in [3.05, 3.63) is 40.4 Å². The number of carbonyl (C=O) groups is 1. The van der Waals surface area contributed by atoms with Gasteiger partial charge < -0.3 is 0 Å². The number of rotatable bonds is 1. The molecule has 0 bridgehead atoms. The predicted molar refractivity (Wildman–Crippen MR) is 70.2 cm³/mol. The molecule has 0 aliphatic heterocycles. The molecule has 18 heavy (non-hydrogen) atoms. The second-order valence-electron chi connectivity index (χ2n) is 4.22. The van der Waals surface area contributed by atoms with Crippen molar-refractivity contribution in [3.8, 4) is 11.4 Å². The molecule has 2 aromatic heterocycles. The number of pyridine rings is 1. The lowest BCUT2D eigenvalue weighted by atomic mass is 9.96. The summed E-state index contributed by atoms with van der Waals surface area (Å²) in [5, 5.41) is 0. The fourth-order valence-corrected chi connectivity index (χ4v) is 2.43. The molecule has 0 radical (unpaired) electrons. The molecule has 0 N–H and O–H groups in total. The minimum Gasteiger partial charge on any atom is -0.294 e. The number of Topliss-reactive ketones (excluding diaryl/α,β-unsaturated/α-hetero) is 1. The van der Waals surface area contributed by atoms with Crippen LogP contribution in [0, 0.1) is 0 Å². The van der Waals surface area contributed by atoms with Crippen molar-refractivity contribution in [3.63, 3.8) is 0 Å². The molecule has 2 aromatic rings. The molecule has 0 fully saturated rings. The molecule has 0 atom stereocenters. The highest BCUT2D eigenvalue weighted by Crippen LogP contribution is 2.23. The first-order valence-corrected chi connectivity index (χ1v) is 6.53. The lowest BCUT2D eigenvalue weighted by molar-refractivity contribution is 0.0971. The largest absolute Gasteiger partial charge is 0.294 e. The lowest BCUT2D eigenvalue weighted by Gasteiger charge is -2.13. The molecule has 4 nitrogen and oxygen atoms in total. The molecule has 1 aliphatic carbocycles. The van der Waals surface area contributed by atoms with Gasteiger partial charge in [-0.15, -0.1) is 0 Å². The molecule has 1 aliphatic rings. The Morgan fingerprint density at radius 2 is 2.06 bits per heavy atom. The van der Waals surface area contributed by atoms with Crippen molar-refractivity contribution < 1.29 is 4.79 Å². The fourth-order valence-electron chi connectivity index (χ4n) is 2.06. The van der Waals surface area contributed by atoms with E-state index in [1.807, 2.05) is 6.07 Å². The number of hydrogen-bond acceptors (Lipinski definition) is 4. The Labute approximate surface area is 113 Å². The highest BCUT2D eigenvalue weighted by atomic mass is 79.9. The third-order valence-electron chi connectivity index (χ3n) is 2.95. The van der Waals surface area contributed by atoms with Gasteiger partial charge in [0.25, 0.3) is 0 Å². The molecule has 0 saturated heterocycles. The predicted octanol–water partition coefficient (Wildman–Crippen LogP) is 2.82. The molecule has 0 unspecified atom stereocenters. The average Bonchev–Trinajstić information content (AvgIpc) is 2.39. The highest BCUT2D eigenvalue weighted by Gasteiger charge is 2.19. The Morgan fingerprint density at radius 1 is 1.17 bits per heavy atom. The summed E-state index contributed by atoms with van der Waals surface area (Å²) in [4.78, 5) is 24.5. The van der Waals surface area contributed by atoms with Crippen LogP contribution in [0.15, 0.2) is 29.1 Å². The molecule has 0 aromatic carbocycles. The van der Waals surface area contributed by atoms with Gasteiger partial charge in [-0.25, -0.2) is 9.97 Å². The standard InChI is InChI=1S/C13H10BrN3O/c14-9-4-8(5-15-6-9)13-16-7-10-11(17-13)2-1-3-12(10)18/h4-7H,1-3H2. The summed E-state index contributed by atoms with van der Waals surface area (Å²) >= 11 is 3.37. The summed E-state index contributed by atoms with van der Waals surface area (Å²) < 4.78 is 0.886. The van der Waals surface area contributed by atoms with E-state index in [1.165, 1.54) is 0 Å². The first kappa shape index (κ1) is 11.5. The maximum atomic E-state index is 11.7. The molecule has 0 amide bonds. The summed E-state index contributed by atoms with van der Waals surface area (Å²) in [6, 6.07) is 1.92. The first-order chi connectivity index (χ1) is 8.74. The van der Waals surface area contributed by atoms with E-state index in [4.69, 9.17) is 0 Å². The van der Waals surface area contributed by atoms with Crippen LogP contribution in [0.2, 0.25) is 0 Å². The van der Waals surface area contributed by atoms with Crippen molar-refractivity contribution in [2.75, 3.05) is 0 Å². The number of hydrogen-bond donors (Lipinski definition) is 0. The topological polar surface area (TPSA) is 55.7 Å². The summed E-state index contributed by atoms with van der Waals surface area (Å²) in [7, 11) is 0. The van der Waals surface area contributed by atoms with E-state index in [2.05, 4.69) is 30.9 Å². The van der Waals surface area contributed by atoms with Crippen LogP contribution in [0.1, 0.15) is 28.9 Å². The van der Waals surface area contributed by atoms with E-state index in [-0.39, 0.29) is 5.78 Å². The van der Waals surface area contributed by atoms with E-state index >= 15 is 0 Å². The van der Waals surface area contributed by atoms with Gasteiger partial charge in [-0.1, -0.05) is 0 Å². The van der Waals surface area contributed by atoms with Gasteiger partial charge in [0.15, 0.2) is 11.6 Å². The van der Waals surface area contributed by atoms with Crippen molar-refractivity contribution >= 4 is 21.7 Å². The summed E-state index contributed by atoms with van der Waals surface area (Å²) in [6.45, 7) is 0. The minimum atomic E-state index is 0.148. The Bertz CT molecular complexity index is 627. The van der Waals surface area contributed by atoms with E-state index in [1.54, 1.807) is 18.6 Å². The maximum absolute atomic E-state index is 11.7. The van der Waals surface area contributed by atoms with Crippen molar-refractivity contribution in [2.24, 2.45) is 0 Å². The number of halogens is 1. The molecule has 3 rings (SSSR count). The Balaban J connectivity index is 2.07. The molecule has 90 valence electrons. The zero-order valence-corrected chi connectivity index (χ0v) is 11.1. The number of aryl methyl sites for hydroxylation is 1. The van der Waals surface area contributed by atoms with Gasteiger partial charge in [0.1, 0.15) is 0 Å². The van der Waals surface area contributed by atoms with Crippen LogP contribution >= 0.6 is 15.9 Å². The smallest absolute Gasteiger partial charge is 0.166 e. The Kier molecular flexibility index (Phi) is 2.91.